The maximum atomic E-state index is 13.5. The van der Waals surface area contributed by atoms with Crippen molar-refractivity contribution in [2.45, 2.75) is 55.4 Å². The normalized spacial score (nSPS) is 24.3. The molecule has 1 N–H and O–H groups in total. The zero-order valence-electron chi connectivity index (χ0n) is 20.8. The minimum atomic E-state index is -5.12. The molecule has 1 saturated carbocycles. The van der Waals surface area contributed by atoms with Crippen LogP contribution in [0.4, 0.5) is 24.7 Å². The third-order valence-corrected chi connectivity index (χ3v) is 9.28. The number of para-hydroxylation sites is 1. The third kappa shape index (κ3) is 5.45. The molecule has 2 atom stereocenters. The summed E-state index contributed by atoms with van der Waals surface area (Å²) in [6.45, 7) is -0.502. The Balaban J connectivity index is 1.27. The molecule has 3 aliphatic rings. The first kappa shape index (κ1) is 27.8. The summed E-state index contributed by atoms with van der Waals surface area (Å²) in [5.74, 6) is -2.32. The van der Waals surface area contributed by atoms with Crippen molar-refractivity contribution in [3.8, 4) is 5.75 Å². The summed E-state index contributed by atoms with van der Waals surface area (Å²) in [7, 11) is -4.12. The highest BCUT2D eigenvalue weighted by atomic mass is 32.2. The van der Waals surface area contributed by atoms with Crippen molar-refractivity contribution >= 4 is 33.3 Å². The van der Waals surface area contributed by atoms with Gasteiger partial charge < -0.3 is 15.0 Å². The number of halogens is 3. The number of hydrogen-bond acceptors (Lipinski definition) is 8. The first-order chi connectivity index (χ1) is 18.9. The van der Waals surface area contributed by atoms with Crippen LogP contribution in [-0.2, 0) is 26.2 Å². The number of alkyl halides is 3. The number of nitro groups is 1. The number of sulfonamides is 1. The average molecular weight is 584 g/mol. The topological polar surface area (TPSA) is 152 Å². The van der Waals surface area contributed by atoms with Gasteiger partial charge in [0.2, 0.25) is 10.0 Å². The van der Waals surface area contributed by atoms with Gasteiger partial charge in [0, 0.05) is 24.7 Å². The molecule has 1 aromatic heterocycles. The van der Waals surface area contributed by atoms with E-state index in [0.29, 0.717) is 12.8 Å². The Morgan fingerprint density at radius 2 is 1.88 bits per heavy atom. The molecule has 214 valence electrons. The van der Waals surface area contributed by atoms with Gasteiger partial charge in [0.25, 0.3) is 11.6 Å². The molecule has 2 amide bonds. The zero-order chi connectivity index (χ0) is 28.8. The van der Waals surface area contributed by atoms with Gasteiger partial charge in [-0.1, -0.05) is 12.1 Å². The van der Waals surface area contributed by atoms with Crippen LogP contribution in [0, 0.1) is 16.0 Å². The minimum absolute atomic E-state index is 0.0607. The van der Waals surface area contributed by atoms with E-state index in [9.17, 15) is 41.3 Å². The Kier molecular flexibility index (Phi) is 7.16. The van der Waals surface area contributed by atoms with Crippen molar-refractivity contribution in [1.82, 2.24) is 14.2 Å². The fourth-order valence-corrected chi connectivity index (χ4v) is 7.13. The molecule has 40 heavy (non-hydrogen) atoms. The number of carbonyl (C=O) groups excluding carboxylic acids is 2. The summed E-state index contributed by atoms with van der Waals surface area (Å²) in [6.07, 6.45) is -3.99. The van der Waals surface area contributed by atoms with Gasteiger partial charge in [0.1, 0.15) is 0 Å². The standard InChI is InChI=1S/C24H24F3N5O7S/c25-24(26,27)23(34)30(11-15-7-10-19-22(28-15)29-21(33)13-39-19)16-8-5-14(6-9-16)18-12-31(18)40(37,38)20-4-2-1-3-17(20)32(35)36/h1-4,7,10,14,16,18H,5-6,8-9,11-13H2,(H,28,29,33)/t14-,16-,18?,31?. The number of benzene rings is 1. The van der Waals surface area contributed by atoms with E-state index in [-0.39, 0.29) is 49.2 Å². The molecule has 12 nitrogen and oxygen atoms in total. The highest BCUT2D eigenvalue weighted by Gasteiger charge is 2.52. The molecule has 5 rings (SSSR count). The van der Waals surface area contributed by atoms with E-state index in [2.05, 4.69) is 10.3 Å². The van der Waals surface area contributed by atoms with Crippen LogP contribution in [0.1, 0.15) is 31.4 Å². The molecule has 0 spiro atoms. The van der Waals surface area contributed by atoms with Crippen molar-refractivity contribution in [3.63, 3.8) is 0 Å². The highest BCUT2D eigenvalue weighted by Crippen LogP contribution is 2.42. The van der Waals surface area contributed by atoms with Crippen molar-refractivity contribution in [2.24, 2.45) is 5.92 Å². The molecule has 2 fully saturated rings. The SMILES string of the molecule is O=C1COc2ccc(CN(C(=O)C(F)(F)F)[C@H]3CC[C@H](C4CN4S(=O)(=O)c4ccccc4[N+](=O)[O-])CC3)nc2N1. The second kappa shape index (κ2) is 10.3. The fourth-order valence-electron chi connectivity index (χ4n) is 5.34. The number of amides is 2. The molecule has 16 heteroatoms. The van der Waals surface area contributed by atoms with Crippen LogP contribution in [-0.4, -0.2) is 70.8 Å². The van der Waals surface area contributed by atoms with E-state index in [1.807, 2.05) is 0 Å². The van der Waals surface area contributed by atoms with Crippen molar-refractivity contribution < 1.29 is 40.8 Å². The second-order valence-corrected chi connectivity index (χ2v) is 11.7. The highest BCUT2D eigenvalue weighted by molar-refractivity contribution is 7.89. The van der Waals surface area contributed by atoms with Gasteiger partial charge in [-0.2, -0.15) is 17.5 Å². The van der Waals surface area contributed by atoms with Crippen molar-refractivity contribution in [1.29, 1.82) is 0 Å². The van der Waals surface area contributed by atoms with Crippen LogP contribution < -0.4 is 10.1 Å². The third-order valence-electron chi connectivity index (χ3n) is 7.35. The van der Waals surface area contributed by atoms with Crippen LogP contribution in [0.25, 0.3) is 0 Å². The van der Waals surface area contributed by atoms with Crippen LogP contribution in [0.15, 0.2) is 41.3 Å². The summed E-state index contributed by atoms with van der Waals surface area (Å²) >= 11 is 0. The van der Waals surface area contributed by atoms with Gasteiger partial charge in [-0.25, -0.2) is 13.4 Å². The number of hydrogen-bond donors (Lipinski definition) is 1. The van der Waals surface area contributed by atoms with E-state index in [1.165, 1.54) is 34.6 Å². The Hall–Kier alpha value is -3.79. The molecule has 3 heterocycles. The number of nitrogens with one attached hydrogen (secondary N) is 1. The van der Waals surface area contributed by atoms with Gasteiger partial charge in [0.05, 0.1) is 17.2 Å². The molecule has 0 bridgehead atoms. The predicted molar refractivity (Wildman–Crippen MR) is 131 cm³/mol. The molecule has 2 aliphatic heterocycles. The molecule has 2 aromatic rings. The van der Waals surface area contributed by atoms with E-state index in [0.717, 1.165) is 11.0 Å². The van der Waals surface area contributed by atoms with Gasteiger partial charge in [0.15, 0.2) is 23.1 Å². The smallest absolute Gasteiger partial charge is 0.471 e. The fraction of sp³-hybridized carbons (Fsp3) is 0.458. The molecule has 1 aromatic carbocycles. The summed E-state index contributed by atoms with van der Waals surface area (Å²) < 4.78 is 73.1. The molecule has 0 radical (unpaired) electrons. The van der Waals surface area contributed by atoms with Crippen molar-refractivity contribution in [3.05, 3.63) is 52.2 Å². The van der Waals surface area contributed by atoms with Crippen molar-refractivity contribution in [2.75, 3.05) is 18.5 Å². The number of aromatic nitrogens is 1. The van der Waals surface area contributed by atoms with Gasteiger partial charge >= 0.3 is 12.1 Å². The maximum Gasteiger partial charge on any atom is 0.471 e. The number of ether oxygens (including phenoxy) is 1. The Morgan fingerprint density at radius 3 is 2.55 bits per heavy atom. The zero-order valence-corrected chi connectivity index (χ0v) is 21.7. The lowest BCUT2D eigenvalue weighted by Crippen LogP contribution is -2.48. The lowest BCUT2D eigenvalue weighted by molar-refractivity contribution is -0.387. The number of rotatable bonds is 7. The number of pyridine rings is 1. The predicted octanol–water partition coefficient (Wildman–Crippen LogP) is 2.84. The maximum absolute atomic E-state index is 13.5. The number of fused-ring (bicyclic) bond motifs is 1. The average Bonchev–Trinajstić information content (AvgIpc) is 3.73. The number of nitro benzene ring substituents is 1. The monoisotopic (exact) mass is 583 g/mol. The van der Waals surface area contributed by atoms with Crippen LogP contribution in [0.2, 0.25) is 0 Å². The summed E-state index contributed by atoms with van der Waals surface area (Å²) in [5, 5.41) is 13.8. The van der Waals surface area contributed by atoms with E-state index in [4.69, 9.17) is 4.74 Å². The molecule has 2 unspecified atom stereocenters. The van der Waals surface area contributed by atoms with Gasteiger partial charge in [-0.15, -0.1) is 0 Å². The van der Waals surface area contributed by atoms with E-state index < -0.39 is 62.1 Å². The molecular weight excluding hydrogens is 559 g/mol. The number of anilines is 1. The molecule has 1 saturated heterocycles. The Morgan fingerprint density at radius 1 is 1.18 bits per heavy atom. The van der Waals surface area contributed by atoms with Crippen LogP contribution >= 0.6 is 0 Å². The molecule has 1 aliphatic carbocycles. The second-order valence-electron chi connectivity index (χ2n) is 9.85. The number of carbonyl (C=O) groups is 2. The van der Waals surface area contributed by atoms with E-state index in [1.54, 1.807) is 0 Å². The van der Waals surface area contributed by atoms with Crippen LogP contribution in [0.5, 0.6) is 5.75 Å². The first-order valence-corrected chi connectivity index (χ1v) is 13.9. The van der Waals surface area contributed by atoms with Gasteiger partial charge in [-0.05, 0) is 49.8 Å². The quantitative estimate of drug-likeness (QED) is 0.297. The first-order valence-electron chi connectivity index (χ1n) is 12.4. The largest absolute Gasteiger partial charge is 0.480 e. The summed E-state index contributed by atoms with van der Waals surface area (Å²) in [5.41, 5.74) is -0.395. The summed E-state index contributed by atoms with van der Waals surface area (Å²) in [6, 6.07) is 6.74. The Labute approximate surface area is 226 Å². The number of nitrogens with zero attached hydrogens (tertiary/aromatic N) is 4. The van der Waals surface area contributed by atoms with E-state index >= 15 is 0 Å². The Bertz CT molecular complexity index is 1460. The molecular formula is C24H24F3N5O7S. The minimum Gasteiger partial charge on any atom is -0.480 e. The lowest BCUT2D eigenvalue weighted by Gasteiger charge is -2.37. The van der Waals surface area contributed by atoms with Gasteiger partial charge in [-0.3, -0.25) is 19.7 Å². The van der Waals surface area contributed by atoms with Crippen LogP contribution in [0.3, 0.4) is 0 Å². The summed E-state index contributed by atoms with van der Waals surface area (Å²) in [4.78, 5) is 39.0. The lowest BCUT2D eigenvalue weighted by atomic mass is 9.83.